The lowest BCUT2D eigenvalue weighted by atomic mass is 9.80. The van der Waals surface area contributed by atoms with Crippen molar-refractivity contribution < 1.29 is 0 Å². The van der Waals surface area contributed by atoms with E-state index < -0.39 is 0 Å². The van der Waals surface area contributed by atoms with Crippen molar-refractivity contribution in [2.24, 2.45) is 10.7 Å². The zero-order chi connectivity index (χ0) is 12.2. The number of likely N-dealkylation sites (N-methyl/N-ethyl adjacent to an activating group) is 1. The summed E-state index contributed by atoms with van der Waals surface area (Å²) < 4.78 is 0. The van der Waals surface area contributed by atoms with E-state index in [-0.39, 0.29) is 10.8 Å². The van der Waals surface area contributed by atoms with E-state index in [9.17, 15) is 0 Å². The highest BCUT2D eigenvalue weighted by atomic mass is 35.5. The lowest BCUT2D eigenvalue weighted by Crippen LogP contribution is -2.55. The summed E-state index contributed by atoms with van der Waals surface area (Å²) in [7, 11) is 2.00. The molecule has 1 fully saturated rings. The molecule has 0 saturated heterocycles. The van der Waals surface area contributed by atoms with Crippen molar-refractivity contribution in [1.82, 2.24) is 4.90 Å². The zero-order valence-electron chi connectivity index (χ0n) is 10.1. The summed E-state index contributed by atoms with van der Waals surface area (Å²) in [4.78, 5) is 6.08. The third-order valence-corrected chi connectivity index (χ3v) is 3.71. The van der Waals surface area contributed by atoms with Crippen LogP contribution in [0.25, 0.3) is 0 Å². The average molecular weight is 245 g/mol. The minimum atomic E-state index is -0.174. The number of aliphatic imine (C=N–C) groups is 1. The highest BCUT2D eigenvalue weighted by Crippen LogP contribution is 2.32. The number of nitrogens with zero attached hydrogens (tertiary/aromatic N) is 2. The van der Waals surface area contributed by atoms with Crippen LogP contribution in [0.5, 0.6) is 0 Å². The van der Waals surface area contributed by atoms with Gasteiger partial charge in [0.2, 0.25) is 5.29 Å². The van der Waals surface area contributed by atoms with E-state index in [1.54, 1.807) is 0 Å². The van der Waals surface area contributed by atoms with Gasteiger partial charge in [0.25, 0.3) is 0 Å². The van der Waals surface area contributed by atoms with Gasteiger partial charge < -0.3 is 10.6 Å². The summed E-state index contributed by atoms with van der Waals surface area (Å²) in [6.45, 7) is 2.51. The van der Waals surface area contributed by atoms with Crippen molar-refractivity contribution in [2.45, 2.75) is 44.6 Å². The van der Waals surface area contributed by atoms with E-state index in [1.807, 2.05) is 14.0 Å². The van der Waals surface area contributed by atoms with Gasteiger partial charge >= 0.3 is 0 Å². The first kappa shape index (κ1) is 13.5. The Morgan fingerprint density at radius 2 is 2.00 bits per heavy atom. The SMILES string of the molecule is CC(=NC(=N)Cl)N(C)C1(CN)CCCCC1. The van der Waals surface area contributed by atoms with Crippen LogP contribution in [0, 0.1) is 5.41 Å². The Bertz CT molecular complexity index is 282. The van der Waals surface area contributed by atoms with Crippen LogP contribution in [0.15, 0.2) is 4.99 Å². The van der Waals surface area contributed by atoms with E-state index in [0.29, 0.717) is 6.54 Å². The molecule has 1 rings (SSSR count). The van der Waals surface area contributed by atoms with Gasteiger partial charge in [0.15, 0.2) is 0 Å². The molecule has 1 aliphatic rings. The fourth-order valence-electron chi connectivity index (χ4n) is 2.45. The third-order valence-electron chi connectivity index (χ3n) is 3.62. The number of amidine groups is 2. The second-order valence-electron chi connectivity index (χ2n) is 4.50. The van der Waals surface area contributed by atoms with Gasteiger partial charge in [-0.05, 0) is 31.4 Å². The number of hydrogen-bond acceptors (Lipinski definition) is 2. The first-order chi connectivity index (χ1) is 7.52. The Morgan fingerprint density at radius 1 is 1.44 bits per heavy atom. The second-order valence-corrected chi connectivity index (χ2v) is 4.86. The van der Waals surface area contributed by atoms with Crippen LogP contribution in [0.2, 0.25) is 0 Å². The molecule has 0 aromatic rings. The fourth-order valence-corrected chi connectivity index (χ4v) is 2.57. The van der Waals surface area contributed by atoms with Crippen molar-refractivity contribution in [3.8, 4) is 0 Å². The van der Waals surface area contributed by atoms with Gasteiger partial charge in [-0.2, -0.15) is 0 Å². The fraction of sp³-hybridized carbons (Fsp3) is 0.818. The minimum Gasteiger partial charge on any atom is -0.356 e. The van der Waals surface area contributed by atoms with Crippen LogP contribution < -0.4 is 5.73 Å². The van der Waals surface area contributed by atoms with Crippen molar-refractivity contribution in [3.63, 3.8) is 0 Å². The first-order valence-electron chi connectivity index (χ1n) is 5.75. The monoisotopic (exact) mass is 244 g/mol. The molecule has 0 radical (unpaired) electrons. The predicted octanol–water partition coefficient (Wildman–Crippen LogP) is 2.17. The molecule has 16 heavy (non-hydrogen) atoms. The third kappa shape index (κ3) is 2.95. The zero-order valence-corrected chi connectivity index (χ0v) is 10.8. The molecule has 5 heteroatoms. The summed E-state index contributed by atoms with van der Waals surface area (Å²) in [5.74, 6) is 0.771. The van der Waals surface area contributed by atoms with Crippen molar-refractivity contribution >= 4 is 22.7 Å². The Labute approximate surface area is 102 Å². The number of nitrogens with two attached hydrogens (primary N) is 1. The maximum Gasteiger partial charge on any atom is 0.216 e. The van der Waals surface area contributed by atoms with Gasteiger partial charge in [-0.15, -0.1) is 0 Å². The summed E-state index contributed by atoms with van der Waals surface area (Å²) in [5, 5.41) is 7.00. The molecule has 0 aromatic heterocycles. The second kappa shape index (κ2) is 5.64. The Kier molecular flexibility index (Phi) is 4.74. The Hall–Kier alpha value is -0.610. The van der Waals surface area contributed by atoms with Gasteiger partial charge in [-0.3, -0.25) is 5.41 Å². The molecule has 92 valence electrons. The Balaban J connectivity index is 2.82. The van der Waals surface area contributed by atoms with E-state index in [2.05, 4.69) is 9.89 Å². The molecule has 0 amide bonds. The number of hydrogen-bond donors (Lipinski definition) is 2. The average Bonchev–Trinajstić information content (AvgIpc) is 2.28. The van der Waals surface area contributed by atoms with Gasteiger partial charge in [-0.25, -0.2) is 4.99 Å². The molecule has 3 N–H and O–H groups in total. The van der Waals surface area contributed by atoms with Gasteiger partial charge in [-0.1, -0.05) is 19.3 Å². The summed E-state index contributed by atoms with van der Waals surface area (Å²) in [6.07, 6.45) is 5.92. The summed E-state index contributed by atoms with van der Waals surface area (Å²) >= 11 is 5.48. The van der Waals surface area contributed by atoms with Crippen LogP contribution in [-0.4, -0.2) is 35.2 Å². The van der Waals surface area contributed by atoms with E-state index in [1.165, 1.54) is 19.3 Å². The van der Waals surface area contributed by atoms with E-state index >= 15 is 0 Å². The van der Waals surface area contributed by atoms with Crippen LogP contribution in [0.4, 0.5) is 0 Å². The quantitative estimate of drug-likeness (QED) is 0.444. The van der Waals surface area contributed by atoms with Crippen LogP contribution in [-0.2, 0) is 0 Å². The lowest BCUT2D eigenvalue weighted by Gasteiger charge is -2.45. The highest BCUT2D eigenvalue weighted by molar-refractivity contribution is 6.64. The molecule has 0 aliphatic heterocycles. The number of nitrogens with one attached hydrogen (secondary N) is 1. The molecule has 0 aromatic carbocycles. The standard InChI is InChI=1S/C11H21ClN4/c1-9(15-10(12)14)16(2)11(8-13)6-4-3-5-7-11/h14H,3-8,13H2,1-2H3. The van der Waals surface area contributed by atoms with Gasteiger partial charge in [0.1, 0.15) is 5.84 Å². The van der Waals surface area contributed by atoms with Crippen LogP contribution in [0.1, 0.15) is 39.0 Å². The van der Waals surface area contributed by atoms with E-state index in [0.717, 1.165) is 18.7 Å². The minimum absolute atomic E-state index is 0.0121. The molecule has 0 heterocycles. The molecular weight excluding hydrogens is 224 g/mol. The van der Waals surface area contributed by atoms with Crippen molar-refractivity contribution in [2.75, 3.05) is 13.6 Å². The maximum atomic E-state index is 7.17. The summed E-state index contributed by atoms with van der Waals surface area (Å²) in [5.41, 5.74) is 5.94. The smallest absolute Gasteiger partial charge is 0.216 e. The molecule has 1 aliphatic carbocycles. The Morgan fingerprint density at radius 3 is 2.44 bits per heavy atom. The molecule has 0 spiro atoms. The van der Waals surface area contributed by atoms with Gasteiger partial charge in [0, 0.05) is 13.6 Å². The van der Waals surface area contributed by atoms with Crippen LogP contribution >= 0.6 is 11.6 Å². The number of rotatable bonds is 2. The van der Waals surface area contributed by atoms with E-state index in [4.69, 9.17) is 22.7 Å². The molecule has 1 saturated carbocycles. The van der Waals surface area contributed by atoms with Crippen molar-refractivity contribution in [1.29, 1.82) is 5.41 Å². The molecule has 0 atom stereocenters. The van der Waals surface area contributed by atoms with Crippen LogP contribution in [0.3, 0.4) is 0 Å². The molecule has 4 nitrogen and oxygen atoms in total. The van der Waals surface area contributed by atoms with Crippen molar-refractivity contribution in [3.05, 3.63) is 0 Å². The predicted molar refractivity (Wildman–Crippen MR) is 69.3 cm³/mol. The topological polar surface area (TPSA) is 65.5 Å². The van der Waals surface area contributed by atoms with Gasteiger partial charge in [0.05, 0.1) is 5.54 Å². The molecule has 0 bridgehead atoms. The normalized spacial score (nSPS) is 20.6. The highest BCUT2D eigenvalue weighted by Gasteiger charge is 2.35. The molecular formula is C11H21ClN4. The lowest BCUT2D eigenvalue weighted by molar-refractivity contribution is 0.148. The summed E-state index contributed by atoms with van der Waals surface area (Å²) in [6, 6.07) is 0. The maximum absolute atomic E-state index is 7.17. The first-order valence-corrected chi connectivity index (χ1v) is 6.13. The number of halogens is 1. The largest absolute Gasteiger partial charge is 0.356 e. The molecule has 0 unspecified atom stereocenters.